The largest absolute Gasteiger partial charge is 0.497 e. The third kappa shape index (κ3) is 3.28. The number of rotatable bonds is 3. The topological polar surface area (TPSA) is 80.2 Å². The second-order valence-corrected chi connectivity index (χ2v) is 5.70. The van der Waals surface area contributed by atoms with E-state index in [1.165, 1.54) is 0 Å². The fraction of sp³-hybridized carbons (Fsp3) is 0.176. The number of oxime groups is 1. The van der Waals surface area contributed by atoms with Gasteiger partial charge in [-0.1, -0.05) is 16.8 Å². The Morgan fingerprint density at radius 1 is 1.33 bits per heavy atom. The van der Waals surface area contributed by atoms with Crippen LogP contribution in [0.1, 0.15) is 5.56 Å². The van der Waals surface area contributed by atoms with Crippen molar-refractivity contribution in [2.75, 3.05) is 12.4 Å². The number of carbonyl (C=O) groups is 1. The molecule has 1 aliphatic rings. The van der Waals surface area contributed by atoms with Gasteiger partial charge in [0.25, 0.3) is 0 Å². The first-order valence-electron chi connectivity index (χ1n) is 7.24. The van der Waals surface area contributed by atoms with Gasteiger partial charge in [-0.3, -0.25) is 4.79 Å². The van der Waals surface area contributed by atoms with E-state index in [0.717, 1.165) is 5.56 Å². The van der Waals surface area contributed by atoms with Gasteiger partial charge in [0, 0.05) is 10.7 Å². The summed E-state index contributed by atoms with van der Waals surface area (Å²) < 4.78 is 10.7. The van der Waals surface area contributed by atoms with E-state index in [9.17, 15) is 10.0 Å². The number of halogens is 1. The van der Waals surface area contributed by atoms with Gasteiger partial charge in [0.1, 0.15) is 17.4 Å². The first-order chi connectivity index (χ1) is 11.6. The Balaban J connectivity index is 1.83. The third-order valence-corrected chi connectivity index (χ3v) is 3.98. The molecular formula is C17H15ClN2O4. The zero-order valence-electron chi connectivity index (χ0n) is 12.8. The smallest absolute Gasteiger partial charge is 0.243 e. The van der Waals surface area contributed by atoms with E-state index in [4.69, 9.17) is 21.1 Å². The molecule has 2 aromatic rings. The number of fused-ring (bicyclic) bond motifs is 1. The normalized spacial score (nSPS) is 17.8. The highest BCUT2D eigenvalue weighted by molar-refractivity contribution is 6.30. The van der Waals surface area contributed by atoms with Crippen molar-refractivity contribution in [2.24, 2.45) is 11.1 Å². The van der Waals surface area contributed by atoms with Crippen LogP contribution >= 0.6 is 11.6 Å². The SMILES string of the molecule is COc1ccc2c(c1)CC(C(=O)Nc1ccc(Cl)cc1)/C(=N/O)O2. The lowest BCUT2D eigenvalue weighted by Crippen LogP contribution is -2.37. The standard InChI is InChI=1S/C17H15ClN2O4/c1-23-13-6-7-15-10(8-13)9-14(17(20-22)24-15)16(21)19-12-4-2-11(18)3-5-12/h2-8,14,22H,9H2,1H3,(H,19,21)/b20-17-. The molecule has 1 unspecified atom stereocenters. The molecule has 0 bridgehead atoms. The zero-order valence-corrected chi connectivity index (χ0v) is 13.6. The molecule has 0 saturated carbocycles. The summed E-state index contributed by atoms with van der Waals surface area (Å²) in [5.74, 6) is 0.0840. The Morgan fingerprint density at radius 3 is 2.75 bits per heavy atom. The van der Waals surface area contributed by atoms with Crippen molar-refractivity contribution in [2.45, 2.75) is 6.42 Å². The van der Waals surface area contributed by atoms with Crippen molar-refractivity contribution < 1.29 is 19.5 Å². The van der Waals surface area contributed by atoms with Crippen molar-refractivity contribution in [3.63, 3.8) is 0 Å². The number of hydrogen-bond acceptors (Lipinski definition) is 5. The molecule has 124 valence electrons. The summed E-state index contributed by atoms with van der Waals surface area (Å²) in [7, 11) is 1.57. The van der Waals surface area contributed by atoms with E-state index in [-0.39, 0.29) is 11.8 Å². The molecule has 0 spiro atoms. The Hall–Kier alpha value is -2.73. The van der Waals surface area contributed by atoms with E-state index >= 15 is 0 Å². The summed E-state index contributed by atoms with van der Waals surface area (Å²) in [6.07, 6.45) is 0.339. The molecule has 24 heavy (non-hydrogen) atoms. The van der Waals surface area contributed by atoms with Crippen LogP contribution in [0.4, 0.5) is 5.69 Å². The van der Waals surface area contributed by atoms with E-state index in [1.54, 1.807) is 49.6 Å². The average Bonchev–Trinajstić information content (AvgIpc) is 2.61. The van der Waals surface area contributed by atoms with Crippen LogP contribution in [-0.2, 0) is 11.2 Å². The van der Waals surface area contributed by atoms with Crippen LogP contribution in [-0.4, -0.2) is 24.1 Å². The second kappa shape index (κ2) is 6.80. The van der Waals surface area contributed by atoms with Gasteiger partial charge in [-0.25, -0.2) is 0 Å². The maximum atomic E-state index is 12.5. The van der Waals surface area contributed by atoms with Gasteiger partial charge in [0.2, 0.25) is 11.8 Å². The van der Waals surface area contributed by atoms with Crippen LogP contribution in [0.5, 0.6) is 11.5 Å². The van der Waals surface area contributed by atoms with Crippen molar-refractivity contribution in [1.29, 1.82) is 0 Å². The Kier molecular flexibility index (Phi) is 4.57. The minimum Gasteiger partial charge on any atom is -0.497 e. The van der Waals surface area contributed by atoms with Crippen LogP contribution in [0.2, 0.25) is 5.02 Å². The number of ether oxygens (including phenoxy) is 2. The van der Waals surface area contributed by atoms with E-state index in [0.29, 0.717) is 28.6 Å². The van der Waals surface area contributed by atoms with Gasteiger partial charge in [0.15, 0.2) is 0 Å². The van der Waals surface area contributed by atoms with Gasteiger partial charge < -0.3 is 20.0 Å². The van der Waals surface area contributed by atoms with Gasteiger partial charge in [-0.2, -0.15) is 0 Å². The first-order valence-corrected chi connectivity index (χ1v) is 7.61. The highest BCUT2D eigenvalue weighted by Crippen LogP contribution is 2.32. The van der Waals surface area contributed by atoms with Crippen LogP contribution in [0.15, 0.2) is 47.6 Å². The number of carbonyl (C=O) groups excluding carboxylic acids is 1. The summed E-state index contributed by atoms with van der Waals surface area (Å²) in [6.45, 7) is 0. The van der Waals surface area contributed by atoms with Crippen molar-refractivity contribution >= 4 is 29.1 Å². The molecule has 0 saturated heterocycles. The van der Waals surface area contributed by atoms with E-state index < -0.39 is 5.92 Å². The lowest BCUT2D eigenvalue weighted by molar-refractivity contribution is -0.118. The minimum atomic E-state index is -0.745. The molecule has 0 aromatic heterocycles. The molecular weight excluding hydrogens is 332 g/mol. The number of hydrogen-bond donors (Lipinski definition) is 2. The maximum Gasteiger partial charge on any atom is 0.243 e. The molecule has 1 aliphatic heterocycles. The summed E-state index contributed by atoms with van der Waals surface area (Å²) in [5, 5.41) is 15.6. The monoisotopic (exact) mass is 346 g/mol. The van der Waals surface area contributed by atoms with Gasteiger partial charge in [-0.15, -0.1) is 0 Å². The molecule has 3 rings (SSSR count). The third-order valence-electron chi connectivity index (χ3n) is 3.73. The predicted molar refractivity (Wildman–Crippen MR) is 90.1 cm³/mol. The summed E-state index contributed by atoms with van der Waals surface area (Å²) in [4.78, 5) is 12.5. The lowest BCUT2D eigenvalue weighted by Gasteiger charge is -2.25. The highest BCUT2D eigenvalue weighted by atomic mass is 35.5. The Labute approximate surface area is 143 Å². The molecule has 0 fully saturated rings. The Bertz CT molecular complexity index is 790. The summed E-state index contributed by atoms with van der Waals surface area (Å²) >= 11 is 5.83. The number of amides is 1. The maximum absolute atomic E-state index is 12.5. The fourth-order valence-corrected chi connectivity index (χ4v) is 2.62. The van der Waals surface area contributed by atoms with E-state index in [1.807, 2.05) is 0 Å². The van der Waals surface area contributed by atoms with Crippen LogP contribution < -0.4 is 14.8 Å². The number of methoxy groups -OCH3 is 1. The molecule has 2 aromatic carbocycles. The summed E-state index contributed by atoms with van der Waals surface area (Å²) in [6, 6.07) is 12.0. The van der Waals surface area contributed by atoms with E-state index in [2.05, 4.69) is 10.5 Å². The fourth-order valence-electron chi connectivity index (χ4n) is 2.49. The molecule has 0 aliphatic carbocycles. The quantitative estimate of drug-likeness (QED) is 0.660. The van der Waals surface area contributed by atoms with Crippen molar-refractivity contribution in [1.82, 2.24) is 0 Å². The highest BCUT2D eigenvalue weighted by Gasteiger charge is 2.33. The molecule has 0 radical (unpaired) electrons. The molecule has 7 heteroatoms. The van der Waals surface area contributed by atoms with Gasteiger partial charge >= 0.3 is 0 Å². The number of nitrogens with zero attached hydrogens (tertiary/aromatic N) is 1. The van der Waals surface area contributed by atoms with Crippen LogP contribution in [0, 0.1) is 5.92 Å². The number of anilines is 1. The number of benzene rings is 2. The van der Waals surface area contributed by atoms with Crippen LogP contribution in [0.25, 0.3) is 0 Å². The molecule has 1 heterocycles. The molecule has 1 amide bonds. The molecule has 6 nitrogen and oxygen atoms in total. The summed E-state index contributed by atoms with van der Waals surface area (Å²) in [5.41, 5.74) is 1.40. The predicted octanol–water partition coefficient (Wildman–Crippen LogP) is 3.33. The van der Waals surface area contributed by atoms with Crippen molar-refractivity contribution in [3.05, 3.63) is 53.1 Å². The lowest BCUT2D eigenvalue weighted by atomic mass is 9.94. The minimum absolute atomic E-state index is 0.0425. The number of nitrogens with one attached hydrogen (secondary N) is 1. The second-order valence-electron chi connectivity index (χ2n) is 5.27. The molecule has 1 atom stereocenters. The first kappa shape index (κ1) is 16.1. The zero-order chi connectivity index (χ0) is 17.1. The van der Waals surface area contributed by atoms with Crippen molar-refractivity contribution in [3.8, 4) is 11.5 Å². The van der Waals surface area contributed by atoms with Gasteiger partial charge in [0.05, 0.1) is 7.11 Å². The van der Waals surface area contributed by atoms with Crippen LogP contribution in [0.3, 0.4) is 0 Å². The average molecular weight is 347 g/mol. The Morgan fingerprint density at radius 2 is 2.08 bits per heavy atom. The van der Waals surface area contributed by atoms with Gasteiger partial charge in [-0.05, 0) is 54.4 Å². The molecule has 2 N–H and O–H groups in total.